The molecule has 0 amide bonds. The second kappa shape index (κ2) is 6.99. The molecule has 0 fully saturated rings. The second-order valence-corrected chi connectivity index (χ2v) is 5.10. The largest absolute Gasteiger partial charge is 0.466 e. The number of nitriles is 1. The summed E-state index contributed by atoms with van der Waals surface area (Å²) in [4.78, 5) is 12.3. The molecule has 0 radical (unpaired) electrons. The maximum Gasteiger partial charge on any atom is 0.338 e. The van der Waals surface area contributed by atoms with Crippen LogP contribution in [0.4, 0.5) is 0 Å². The van der Waals surface area contributed by atoms with Crippen LogP contribution >= 0.6 is 0 Å². The number of nitrogens with zero attached hydrogens (tertiary/aromatic N) is 1. The molecule has 1 aliphatic rings. The Bertz CT molecular complexity index is 728. The fourth-order valence-electron chi connectivity index (χ4n) is 2.57. The maximum atomic E-state index is 12.3. The standard InChI is InChI=1S/C17H18N2O4/c1-10-5-4-6-11(7-10)14-12(8-18)16(19)23-13(9-21-2)15(14)17(20)22-3/h4-7,14H,9,19H2,1-3H3/t14-/m1/s1. The first-order chi connectivity index (χ1) is 11.0. The Morgan fingerprint density at radius 1 is 1.43 bits per heavy atom. The Morgan fingerprint density at radius 3 is 2.74 bits per heavy atom. The van der Waals surface area contributed by atoms with Crippen LogP contribution in [-0.2, 0) is 19.0 Å². The number of esters is 1. The van der Waals surface area contributed by atoms with E-state index in [9.17, 15) is 10.1 Å². The Hall–Kier alpha value is -2.78. The number of nitrogens with two attached hydrogens (primary N) is 1. The van der Waals surface area contributed by atoms with Gasteiger partial charge in [-0.25, -0.2) is 4.79 Å². The first kappa shape index (κ1) is 16.6. The van der Waals surface area contributed by atoms with Gasteiger partial charge in [-0.2, -0.15) is 5.26 Å². The van der Waals surface area contributed by atoms with Crippen LogP contribution < -0.4 is 5.73 Å². The highest BCUT2D eigenvalue weighted by Crippen LogP contribution is 2.39. The molecule has 0 bridgehead atoms. The van der Waals surface area contributed by atoms with Gasteiger partial charge in [-0.15, -0.1) is 0 Å². The second-order valence-electron chi connectivity index (χ2n) is 5.10. The van der Waals surface area contributed by atoms with Crippen molar-refractivity contribution in [2.45, 2.75) is 12.8 Å². The van der Waals surface area contributed by atoms with Crippen LogP contribution in [0.3, 0.4) is 0 Å². The normalized spacial score (nSPS) is 17.6. The molecule has 6 heteroatoms. The summed E-state index contributed by atoms with van der Waals surface area (Å²) in [5, 5.41) is 9.48. The van der Waals surface area contributed by atoms with E-state index >= 15 is 0 Å². The van der Waals surface area contributed by atoms with Crippen LogP contribution in [0.5, 0.6) is 0 Å². The topological polar surface area (TPSA) is 94.6 Å². The maximum absolute atomic E-state index is 12.3. The Labute approximate surface area is 134 Å². The number of hydrogen-bond donors (Lipinski definition) is 1. The minimum Gasteiger partial charge on any atom is -0.466 e. The number of carbonyl (C=O) groups is 1. The molecule has 0 aliphatic carbocycles. The van der Waals surface area contributed by atoms with E-state index in [0.29, 0.717) is 0 Å². The molecule has 1 aliphatic heterocycles. The molecule has 0 unspecified atom stereocenters. The molecule has 0 aromatic heterocycles. The molecule has 0 saturated heterocycles. The van der Waals surface area contributed by atoms with Gasteiger partial charge in [0.05, 0.1) is 18.6 Å². The van der Waals surface area contributed by atoms with Crippen molar-refractivity contribution in [3.63, 3.8) is 0 Å². The van der Waals surface area contributed by atoms with Gasteiger partial charge in [0.25, 0.3) is 0 Å². The first-order valence-electron chi connectivity index (χ1n) is 6.97. The van der Waals surface area contributed by atoms with Crippen LogP contribution in [0.1, 0.15) is 17.0 Å². The van der Waals surface area contributed by atoms with Gasteiger partial charge in [-0.1, -0.05) is 29.8 Å². The molecular weight excluding hydrogens is 296 g/mol. The molecule has 1 atom stereocenters. The zero-order valence-corrected chi connectivity index (χ0v) is 13.3. The summed E-state index contributed by atoms with van der Waals surface area (Å²) in [6.07, 6.45) is 0. The van der Waals surface area contributed by atoms with Crippen molar-refractivity contribution in [2.24, 2.45) is 5.73 Å². The number of rotatable bonds is 4. The average Bonchev–Trinajstić information content (AvgIpc) is 2.54. The molecule has 0 spiro atoms. The molecule has 1 heterocycles. The molecule has 2 rings (SSSR count). The molecule has 1 aromatic carbocycles. The zero-order chi connectivity index (χ0) is 17.0. The summed E-state index contributed by atoms with van der Waals surface area (Å²) >= 11 is 0. The fraction of sp³-hybridized carbons (Fsp3) is 0.294. The van der Waals surface area contributed by atoms with Gasteiger partial charge in [0.15, 0.2) is 0 Å². The van der Waals surface area contributed by atoms with E-state index in [-0.39, 0.29) is 29.4 Å². The van der Waals surface area contributed by atoms with Crippen molar-refractivity contribution in [1.82, 2.24) is 0 Å². The Morgan fingerprint density at radius 2 is 2.17 bits per heavy atom. The number of methoxy groups -OCH3 is 2. The van der Waals surface area contributed by atoms with E-state index in [1.807, 2.05) is 37.3 Å². The van der Waals surface area contributed by atoms with Crippen molar-refractivity contribution in [3.05, 3.63) is 58.2 Å². The minimum atomic E-state index is -0.647. The van der Waals surface area contributed by atoms with Crippen LogP contribution in [0.15, 0.2) is 47.1 Å². The summed E-state index contributed by atoms with van der Waals surface area (Å²) in [5.41, 5.74) is 8.04. The van der Waals surface area contributed by atoms with Crippen LogP contribution in [0.25, 0.3) is 0 Å². The number of benzene rings is 1. The number of aryl methyl sites for hydroxylation is 1. The van der Waals surface area contributed by atoms with Crippen LogP contribution in [-0.4, -0.2) is 26.8 Å². The number of ether oxygens (including phenoxy) is 3. The fourth-order valence-corrected chi connectivity index (χ4v) is 2.57. The lowest BCUT2D eigenvalue weighted by atomic mass is 9.82. The highest BCUT2D eigenvalue weighted by molar-refractivity contribution is 5.92. The lowest BCUT2D eigenvalue weighted by Crippen LogP contribution is -2.27. The van der Waals surface area contributed by atoms with Gasteiger partial charge >= 0.3 is 5.97 Å². The molecule has 1 aromatic rings. The summed E-state index contributed by atoms with van der Waals surface area (Å²) in [6, 6.07) is 9.56. The summed E-state index contributed by atoms with van der Waals surface area (Å²) in [6.45, 7) is 1.98. The van der Waals surface area contributed by atoms with Gasteiger partial charge in [0, 0.05) is 7.11 Å². The zero-order valence-electron chi connectivity index (χ0n) is 13.3. The third-order valence-corrected chi connectivity index (χ3v) is 3.55. The minimum absolute atomic E-state index is 0.0290. The predicted molar refractivity (Wildman–Crippen MR) is 82.7 cm³/mol. The van der Waals surface area contributed by atoms with Gasteiger partial charge in [0.2, 0.25) is 5.88 Å². The lowest BCUT2D eigenvalue weighted by Gasteiger charge is -2.27. The highest BCUT2D eigenvalue weighted by atomic mass is 16.5. The molecule has 23 heavy (non-hydrogen) atoms. The lowest BCUT2D eigenvalue weighted by molar-refractivity contribution is -0.136. The van der Waals surface area contributed by atoms with E-state index in [4.69, 9.17) is 19.9 Å². The summed E-state index contributed by atoms with van der Waals surface area (Å²) < 4.78 is 15.4. The molecule has 6 nitrogen and oxygen atoms in total. The number of hydrogen-bond acceptors (Lipinski definition) is 6. The molecular formula is C17H18N2O4. The van der Waals surface area contributed by atoms with E-state index < -0.39 is 11.9 Å². The monoisotopic (exact) mass is 314 g/mol. The van der Waals surface area contributed by atoms with Gasteiger partial charge in [-0.3, -0.25) is 0 Å². The van der Waals surface area contributed by atoms with Crippen LogP contribution in [0.2, 0.25) is 0 Å². The van der Waals surface area contributed by atoms with E-state index in [1.165, 1.54) is 14.2 Å². The van der Waals surface area contributed by atoms with Gasteiger partial charge in [-0.05, 0) is 12.5 Å². The Balaban J connectivity index is 2.68. The van der Waals surface area contributed by atoms with Crippen molar-refractivity contribution in [3.8, 4) is 6.07 Å². The predicted octanol–water partition coefficient (Wildman–Crippen LogP) is 1.88. The van der Waals surface area contributed by atoms with Crippen LogP contribution in [0, 0.1) is 18.3 Å². The van der Waals surface area contributed by atoms with Gasteiger partial charge in [0.1, 0.15) is 24.0 Å². The van der Waals surface area contributed by atoms with E-state index in [1.54, 1.807) is 0 Å². The van der Waals surface area contributed by atoms with E-state index in [2.05, 4.69) is 0 Å². The quantitative estimate of drug-likeness (QED) is 0.853. The molecule has 0 saturated carbocycles. The van der Waals surface area contributed by atoms with Crippen molar-refractivity contribution in [1.29, 1.82) is 5.26 Å². The van der Waals surface area contributed by atoms with Crippen molar-refractivity contribution >= 4 is 5.97 Å². The third-order valence-electron chi connectivity index (χ3n) is 3.55. The number of carbonyl (C=O) groups excluding carboxylic acids is 1. The smallest absolute Gasteiger partial charge is 0.338 e. The average molecular weight is 314 g/mol. The first-order valence-corrected chi connectivity index (χ1v) is 6.97. The van der Waals surface area contributed by atoms with E-state index in [0.717, 1.165) is 11.1 Å². The molecule has 120 valence electrons. The van der Waals surface area contributed by atoms with Crippen molar-refractivity contribution in [2.75, 3.05) is 20.8 Å². The SMILES string of the molecule is COCC1=C(C(=O)OC)[C@H](c2cccc(C)c2)C(C#N)=C(N)O1. The molecule has 2 N–H and O–H groups in total. The van der Waals surface area contributed by atoms with Gasteiger partial charge < -0.3 is 19.9 Å². The highest BCUT2D eigenvalue weighted by Gasteiger charge is 2.37. The number of allylic oxidation sites excluding steroid dienone is 1. The summed E-state index contributed by atoms with van der Waals surface area (Å²) in [5.74, 6) is -1.00. The summed E-state index contributed by atoms with van der Waals surface area (Å²) in [7, 11) is 2.76. The third kappa shape index (κ3) is 3.20. The van der Waals surface area contributed by atoms with Crippen molar-refractivity contribution < 1.29 is 19.0 Å². The Kier molecular flexibility index (Phi) is 5.04.